The third-order valence-corrected chi connectivity index (χ3v) is 6.31. The molecule has 3 unspecified atom stereocenters. The van der Waals surface area contributed by atoms with Gasteiger partial charge in [-0.15, -0.1) is 0 Å². The quantitative estimate of drug-likeness (QED) is 0.827. The van der Waals surface area contributed by atoms with Crippen molar-refractivity contribution in [1.29, 1.82) is 0 Å². The van der Waals surface area contributed by atoms with Crippen LogP contribution in [-0.4, -0.2) is 60.8 Å². The first kappa shape index (κ1) is 17.6. The molecule has 2 heterocycles. The standard InChI is InChI=1S/C19H32N2O4/c1-18(2,3)25-17(22)20-15-6-7-21(12-15)16-10-13-4-5-14(11-16)19(13)23-8-9-24-19/h13-16H,4-12H2,1-3H3,(H,20,22). The van der Waals surface area contributed by atoms with Gasteiger partial charge in [0.1, 0.15) is 5.60 Å². The maximum absolute atomic E-state index is 12.0. The van der Waals surface area contributed by atoms with Gasteiger partial charge in [-0.25, -0.2) is 4.79 Å². The minimum Gasteiger partial charge on any atom is -0.444 e. The van der Waals surface area contributed by atoms with Crippen LogP contribution in [0.4, 0.5) is 4.79 Å². The van der Waals surface area contributed by atoms with Gasteiger partial charge in [0.25, 0.3) is 0 Å². The summed E-state index contributed by atoms with van der Waals surface area (Å²) < 4.78 is 17.6. The average Bonchev–Trinajstić information content (AvgIpc) is 3.20. The third kappa shape index (κ3) is 3.40. The van der Waals surface area contributed by atoms with E-state index in [1.807, 2.05) is 20.8 Å². The van der Waals surface area contributed by atoms with Crippen molar-refractivity contribution in [2.45, 2.75) is 76.3 Å². The maximum atomic E-state index is 12.0. The van der Waals surface area contributed by atoms with Gasteiger partial charge in [0.15, 0.2) is 5.79 Å². The number of nitrogens with zero attached hydrogens (tertiary/aromatic N) is 1. The molecule has 0 radical (unpaired) electrons. The average molecular weight is 352 g/mol. The van der Waals surface area contributed by atoms with E-state index >= 15 is 0 Å². The molecule has 2 aliphatic heterocycles. The van der Waals surface area contributed by atoms with Crippen molar-refractivity contribution in [3.8, 4) is 0 Å². The summed E-state index contributed by atoms with van der Waals surface area (Å²) in [7, 11) is 0. The highest BCUT2D eigenvalue weighted by Gasteiger charge is 2.59. The van der Waals surface area contributed by atoms with Gasteiger partial charge in [0, 0.05) is 37.0 Å². The van der Waals surface area contributed by atoms with Gasteiger partial charge in [0.2, 0.25) is 0 Å². The number of hydrogen-bond donors (Lipinski definition) is 1. The predicted octanol–water partition coefficient (Wildman–Crippen LogP) is 2.52. The van der Waals surface area contributed by atoms with E-state index in [2.05, 4.69) is 10.2 Å². The molecule has 1 spiro atoms. The molecule has 2 bridgehead atoms. The molecule has 3 atom stereocenters. The van der Waals surface area contributed by atoms with Gasteiger partial charge >= 0.3 is 6.09 Å². The summed E-state index contributed by atoms with van der Waals surface area (Å²) in [5.41, 5.74) is -0.444. The van der Waals surface area contributed by atoms with E-state index in [9.17, 15) is 4.79 Å². The van der Waals surface area contributed by atoms with Gasteiger partial charge in [-0.05, 0) is 52.9 Å². The first-order valence-electron chi connectivity index (χ1n) is 9.87. The molecule has 2 aliphatic carbocycles. The fourth-order valence-corrected chi connectivity index (χ4v) is 5.38. The molecule has 1 N–H and O–H groups in total. The van der Waals surface area contributed by atoms with Crippen LogP contribution in [0.25, 0.3) is 0 Å². The fraction of sp³-hybridized carbons (Fsp3) is 0.947. The molecule has 4 fully saturated rings. The molecule has 1 amide bonds. The number of likely N-dealkylation sites (tertiary alicyclic amines) is 1. The smallest absolute Gasteiger partial charge is 0.407 e. The lowest BCUT2D eigenvalue weighted by Crippen LogP contribution is -2.51. The topological polar surface area (TPSA) is 60.0 Å². The van der Waals surface area contributed by atoms with Crippen LogP contribution in [0.1, 0.15) is 52.9 Å². The molecule has 6 heteroatoms. The van der Waals surface area contributed by atoms with Crippen LogP contribution in [0.3, 0.4) is 0 Å². The lowest BCUT2D eigenvalue weighted by molar-refractivity contribution is -0.229. The highest BCUT2D eigenvalue weighted by atomic mass is 16.7. The largest absolute Gasteiger partial charge is 0.444 e. The van der Waals surface area contributed by atoms with E-state index in [0.717, 1.165) is 45.6 Å². The Bertz CT molecular complexity index is 496. The Balaban J connectivity index is 1.31. The Labute approximate surface area is 150 Å². The van der Waals surface area contributed by atoms with Crippen molar-refractivity contribution in [1.82, 2.24) is 10.2 Å². The first-order valence-corrected chi connectivity index (χ1v) is 9.87. The first-order chi connectivity index (χ1) is 11.9. The van der Waals surface area contributed by atoms with Crippen molar-refractivity contribution in [2.75, 3.05) is 26.3 Å². The van der Waals surface area contributed by atoms with Crippen molar-refractivity contribution >= 4 is 6.09 Å². The van der Waals surface area contributed by atoms with Crippen molar-refractivity contribution in [3.63, 3.8) is 0 Å². The van der Waals surface area contributed by atoms with E-state index in [4.69, 9.17) is 14.2 Å². The summed E-state index contributed by atoms with van der Waals surface area (Å²) in [6.45, 7) is 9.18. The molecule has 4 aliphatic rings. The Kier molecular flexibility index (Phi) is 4.49. The van der Waals surface area contributed by atoms with Crippen molar-refractivity contribution < 1.29 is 19.0 Å². The number of rotatable bonds is 2. The van der Waals surface area contributed by atoms with Crippen LogP contribution in [0, 0.1) is 11.8 Å². The van der Waals surface area contributed by atoms with Crippen molar-refractivity contribution in [2.24, 2.45) is 11.8 Å². The molecule has 142 valence electrons. The van der Waals surface area contributed by atoms with Gasteiger partial charge < -0.3 is 19.5 Å². The summed E-state index contributed by atoms with van der Waals surface area (Å²) in [5, 5.41) is 3.04. The van der Waals surface area contributed by atoms with E-state index in [-0.39, 0.29) is 17.9 Å². The van der Waals surface area contributed by atoms with Gasteiger partial charge in [-0.3, -0.25) is 4.90 Å². The Morgan fingerprint density at radius 1 is 1.12 bits per heavy atom. The SMILES string of the molecule is CC(C)(C)OC(=O)NC1CCN(C2CC3CCC(C2)C32OCCO2)C1. The second-order valence-corrected chi connectivity index (χ2v) is 9.14. The molecular weight excluding hydrogens is 320 g/mol. The van der Waals surface area contributed by atoms with E-state index in [1.54, 1.807) is 0 Å². The Hall–Kier alpha value is -0.850. The molecule has 4 rings (SSSR count). The lowest BCUT2D eigenvalue weighted by Gasteiger charge is -2.44. The number of hydrogen-bond acceptors (Lipinski definition) is 5. The second kappa shape index (κ2) is 6.39. The molecule has 0 aromatic heterocycles. The zero-order chi connectivity index (χ0) is 17.7. The number of nitrogens with one attached hydrogen (secondary N) is 1. The van der Waals surface area contributed by atoms with Crippen LogP contribution >= 0.6 is 0 Å². The monoisotopic (exact) mass is 352 g/mol. The van der Waals surface area contributed by atoms with Crippen LogP contribution in [0.2, 0.25) is 0 Å². The lowest BCUT2D eigenvalue weighted by atomic mass is 9.79. The fourth-order valence-electron chi connectivity index (χ4n) is 5.38. The number of ether oxygens (including phenoxy) is 3. The van der Waals surface area contributed by atoms with Gasteiger partial charge in [0.05, 0.1) is 13.2 Å². The third-order valence-electron chi connectivity index (χ3n) is 6.31. The number of amides is 1. The zero-order valence-corrected chi connectivity index (χ0v) is 15.8. The summed E-state index contributed by atoms with van der Waals surface area (Å²) in [4.78, 5) is 14.6. The normalized spacial score (nSPS) is 37.6. The molecule has 0 aromatic carbocycles. The van der Waals surface area contributed by atoms with Crippen LogP contribution in [-0.2, 0) is 14.2 Å². The van der Waals surface area contributed by atoms with Crippen LogP contribution in [0.15, 0.2) is 0 Å². The van der Waals surface area contributed by atoms with Crippen LogP contribution in [0.5, 0.6) is 0 Å². The molecule has 25 heavy (non-hydrogen) atoms. The summed E-state index contributed by atoms with van der Waals surface area (Å²) in [5.74, 6) is 0.818. The molecule has 2 saturated heterocycles. The minimum absolute atomic E-state index is 0.197. The molecule has 0 aromatic rings. The number of alkyl carbamates (subject to hydrolysis) is 1. The van der Waals surface area contributed by atoms with Crippen molar-refractivity contribution in [3.05, 3.63) is 0 Å². The second-order valence-electron chi connectivity index (χ2n) is 9.14. The van der Waals surface area contributed by atoms with E-state index in [1.165, 1.54) is 12.8 Å². The molecule has 2 saturated carbocycles. The van der Waals surface area contributed by atoms with E-state index < -0.39 is 5.60 Å². The van der Waals surface area contributed by atoms with Crippen LogP contribution < -0.4 is 5.32 Å². The Morgan fingerprint density at radius 2 is 1.76 bits per heavy atom. The maximum Gasteiger partial charge on any atom is 0.407 e. The van der Waals surface area contributed by atoms with Gasteiger partial charge in [-0.2, -0.15) is 0 Å². The summed E-state index contributed by atoms with van der Waals surface area (Å²) in [6.07, 6.45) is 5.49. The Morgan fingerprint density at radius 3 is 2.36 bits per heavy atom. The highest BCUT2D eigenvalue weighted by molar-refractivity contribution is 5.68. The summed E-state index contributed by atoms with van der Waals surface area (Å²) in [6, 6.07) is 0.795. The van der Waals surface area contributed by atoms with E-state index in [0.29, 0.717) is 17.9 Å². The number of carbonyl (C=O) groups is 1. The predicted molar refractivity (Wildman–Crippen MR) is 93.2 cm³/mol. The molecule has 6 nitrogen and oxygen atoms in total. The summed E-state index contributed by atoms with van der Waals surface area (Å²) >= 11 is 0. The number of carbonyl (C=O) groups excluding carboxylic acids is 1. The molecular formula is C19H32N2O4. The van der Waals surface area contributed by atoms with Gasteiger partial charge in [-0.1, -0.05) is 0 Å². The zero-order valence-electron chi connectivity index (χ0n) is 15.8. The highest BCUT2D eigenvalue weighted by Crippen LogP contribution is 2.54. The minimum atomic E-state index is -0.444.